The highest BCUT2D eigenvalue weighted by molar-refractivity contribution is 8.00. The van der Waals surface area contributed by atoms with E-state index < -0.39 is 0 Å². The molecule has 26 heavy (non-hydrogen) atoms. The summed E-state index contributed by atoms with van der Waals surface area (Å²) in [5.41, 5.74) is 0.991. The van der Waals surface area contributed by atoms with Crippen molar-refractivity contribution in [3.05, 3.63) is 48.2 Å². The Hall–Kier alpha value is -2.25. The summed E-state index contributed by atoms with van der Waals surface area (Å²) in [5, 5.41) is 2.93. The average molecular weight is 373 g/mol. The standard InChI is InChI=1S/C19H23N3O3S/c1-24-16-3-5-17(6-4-16)26-14-19(23)21-13-15-2-7-18(20-12-15)22-8-10-25-11-9-22/h2-7,12H,8-11,13-14H2,1H3,(H,21,23). The van der Waals surface area contributed by atoms with Crippen molar-refractivity contribution in [1.29, 1.82) is 0 Å². The highest BCUT2D eigenvalue weighted by atomic mass is 32.2. The SMILES string of the molecule is COc1ccc(SCC(=O)NCc2ccc(N3CCOCC3)nc2)cc1. The average Bonchev–Trinajstić information content (AvgIpc) is 2.72. The number of carbonyl (C=O) groups excluding carboxylic acids is 1. The molecular formula is C19H23N3O3S. The van der Waals surface area contributed by atoms with E-state index in [0.29, 0.717) is 12.3 Å². The topological polar surface area (TPSA) is 63.7 Å². The van der Waals surface area contributed by atoms with Gasteiger partial charge in [0, 0.05) is 30.7 Å². The van der Waals surface area contributed by atoms with E-state index in [9.17, 15) is 4.79 Å². The van der Waals surface area contributed by atoms with E-state index in [-0.39, 0.29) is 5.91 Å². The Kier molecular flexibility index (Phi) is 6.74. The Labute approximate surface area is 157 Å². The van der Waals surface area contributed by atoms with Gasteiger partial charge >= 0.3 is 0 Å². The maximum absolute atomic E-state index is 12.0. The number of nitrogens with zero attached hydrogens (tertiary/aromatic N) is 2. The molecule has 1 amide bonds. The molecule has 0 atom stereocenters. The molecule has 1 aliphatic rings. The zero-order chi connectivity index (χ0) is 18.2. The molecule has 1 fully saturated rings. The van der Waals surface area contributed by atoms with Crippen LogP contribution >= 0.6 is 11.8 Å². The number of benzene rings is 1. The van der Waals surface area contributed by atoms with Crippen LogP contribution in [0, 0.1) is 0 Å². The van der Waals surface area contributed by atoms with E-state index in [1.54, 1.807) is 7.11 Å². The van der Waals surface area contributed by atoms with E-state index >= 15 is 0 Å². The van der Waals surface area contributed by atoms with Crippen LogP contribution in [-0.2, 0) is 16.1 Å². The Morgan fingerprint density at radius 2 is 2.00 bits per heavy atom. The van der Waals surface area contributed by atoms with E-state index in [2.05, 4.69) is 15.2 Å². The van der Waals surface area contributed by atoms with Gasteiger partial charge in [-0.05, 0) is 35.9 Å². The molecule has 138 valence electrons. The fraction of sp³-hybridized carbons (Fsp3) is 0.368. The molecule has 7 heteroatoms. The molecule has 3 rings (SSSR count). The minimum Gasteiger partial charge on any atom is -0.497 e. The van der Waals surface area contributed by atoms with Gasteiger partial charge in [-0.2, -0.15) is 0 Å². The highest BCUT2D eigenvalue weighted by Gasteiger charge is 2.12. The number of carbonyl (C=O) groups is 1. The van der Waals surface area contributed by atoms with Crippen LogP contribution in [0.3, 0.4) is 0 Å². The molecule has 1 aromatic heterocycles. The van der Waals surface area contributed by atoms with Gasteiger partial charge in [0.15, 0.2) is 0 Å². The van der Waals surface area contributed by atoms with Gasteiger partial charge in [-0.15, -0.1) is 11.8 Å². The van der Waals surface area contributed by atoms with Gasteiger partial charge in [-0.25, -0.2) is 4.98 Å². The Bertz CT molecular complexity index is 701. The fourth-order valence-corrected chi connectivity index (χ4v) is 3.30. The lowest BCUT2D eigenvalue weighted by atomic mass is 10.2. The molecule has 0 spiro atoms. The molecule has 6 nitrogen and oxygen atoms in total. The van der Waals surface area contributed by atoms with Crippen LogP contribution in [0.2, 0.25) is 0 Å². The molecule has 0 bridgehead atoms. The number of nitrogens with one attached hydrogen (secondary N) is 1. The number of pyridine rings is 1. The van der Waals surface area contributed by atoms with Crippen molar-refractivity contribution >= 4 is 23.5 Å². The number of methoxy groups -OCH3 is 1. The number of hydrogen-bond acceptors (Lipinski definition) is 6. The van der Waals surface area contributed by atoms with Gasteiger partial charge in [0.25, 0.3) is 0 Å². The lowest BCUT2D eigenvalue weighted by Crippen LogP contribution is -2.36. The summed E-state index contributed by atoms with van der Waals surface area (Å²) >= 11 is 1.50. The predicted octanol–water partition coefficient (Wildman–Crippen LogP) is 2.34. The van der Waals surface area contributed by atoms with E-state index in [1.165, 1.54) is 11.8 Å². The summed E-state index contributed by atoms with van der Waals surface area (Å²) in [7, 11) is 1.64. The first kappa shape index (κ1) is 18.5. The zero-order valence-electron chi connectivity index (χ0n) is 14.8. The number of morpholine rings is 1. The van der Waals surface area contributed by atoms with Crippen molar-refractivity contribution in [2.45, 2.75) is 11.4 Å². The van der Waals surface area contributed by atoms with Crippen LogP contribution in [0.15, 0.2) is 47.5 Å². The second kappa shape index (κ2) is 9.45. The monoisotopic (exact) mass is 373 g/mol. The van der Waals surface area contributed by atoms with Gasteiger partial charge in [-0.3, -0.25) is 4.79 Å². The quantitative estimate of drug-likeness (QED) is 0.752. The first-order valence-electron chi connectivity index (χ1n) is 8.56. The van der Waals surface area contributed by atoms with Crippen molar-refractivity contribution in [2.75, 3.05) is 44.1 Å². The second-order valence-corrected chi connectivity index (χ2v) is 6.91. The van der Waals surface area contributed by atoms with E-state index in [4.69, 9.17) is 9.47 Å². The maximum atomic E-state index is 12.0. The summed E-state index contributed by atoms with van der Waals surface area (Å²) in [5.74, 6) is 2.15. The third kappa shape index (κ3) is 5.37. The zero-order valence-corrected chi connectivity index (χ0v) is 15.6. The Morgan fingerprint density at radius 1 is 1.23 bits per heavy atom. The first-order valence-corrected chi connectivity index (χ1v) is 9.54. The predicted molar refractivity (Wildman–Crippen MR) is 103 cm³/mol. The fourth-order valence-electron chi connectivity index (χ4n) is 2.57. The third-order valence-electron chi connectivity index (χ3n) is 4.06. The number of aromatic nitrogens is 1. The number of anilines is 1. The minimum atomic E-state index is 0.00285. The van der Waals surface area contributed by atoms with Crippen molar-refractivity contribution in [3.63, 3.8) is 0 Å². The van der Waals surface area contributed by atoms with Crippen LogP contribution in [0.1, 0.15) is 5.56 Å². The molecule has 0 radical (unpaired) electrons. The molecule has 1 aromatic carbocycles. The van der Waals surface area contributed by atoms with Crippen LogP contribution in [0.25, 0.3) is 0 Å². The molecule has 1 aliphatic heterocycles. The molecule has 2 aromatic rings. The van der Waals surface area contributed by atoms with E-state index in [1.807, 2.05) is 42.6 Å². The van der Waals surface area contributed by atoms with Crippen molar-refractivity contribution in [3.8, 4) is 5.75 Å². The van der Waals surface area contributed by atoms with Gasteiger partial charge in [0.05, 0.1) is 26.1 Å². The maximum Gasteiger partial charge on any atom is 0.230 e. The summed E-state index contributed by atoms with van der Waals surface area (Å²) in [4.78, 5) is 19.8. The minimum absolute atomic E-state index is 0.00285. The second-order valence-electron chi connectivity index (χ2n) is 5.87. The Balaban J connectivity index is 1.42. The number of rotatable bonds is 7. The number of amides is 1. The molecule has 2 heterocycles. The number of ether oxygens (including phenoxy) is 2. The van der Waals surface area contributed by atoms with Gasteiger partial charge < -0.3 is 19.7 Å². The lowest BCUT2D eigenvalue weighted by Gasteiger charge is -2.27. The van der Waals surface area contributed by atoms with Gasteiger partial charge in [-0.1, -0.05) is 6.07 Å². The van der Waals surface area contributed by atoms with Crippen LogP contribution < -0.4 is 15.0 Å². The first-order chi connectivity index (χ1) is 12.7. The smallest absolute Gasteiger partial charge is 0.230 e. The summed E-state index contributed by atoms with van der Waals surface area (Å²) in [6.45, 7) is 3.70. The summed E-state index contributed by atoms with van der Waals surface area (Å²) in [6, 6.07) is 11.7. The van der Waals surface area contributed by atoms with Crippen molar-refractivity contribution < 1.29 is 14.3 Å². The normalized spacial score (nSPS) is 14.1. The van der Waals surface area contributed by atoms with Crippen molar-refractivity contribution in [1.82, 2.24) is 10.3 Å². The van der Waals surface area contributed by atoms with Crippen molar-refractivity contribution in [2.24, 2.45) is 0 Å². The third-order valence-corrected chi connectivity index (χ3v) is 5.08. The van der Waals surface area contributed by atoms with Crippen LogP contribution in [0.4, 0.5) is 5.82 Å². The van der Waals surface area contributed by atoms with E-state index in [0.717, 1.165) is 48.3 Å². The lowest BCUT2D eigenvalue weighted by molar-refractivity contribution is -0.118. The number of thioether (sulfide) groups is 1. The van der Waals surface area contributed by atoms with Crippen LogP contribution in [0.5, 0.6) is 5.75 Å². The molecule has 0 saturated carbocycles. The Morgan fingerprint density at radius 3 is 2.65 bits per heavy atom. The number of hydrogen-bond donors (Lipinski definition) is 1. The summed E-state index contributed by atoms with van der Waals surface area (Å²) in [6.07, 6.45) is 1.82. The highest BCUT2D eigenvalue weighted by Crippen LogP contribution is 2.21. The molecule has 1 saturated heterocycles. The van der Waals surface area contributed by atoms with Crippen LogP contribution in [-0.4, -0.2) is 50.1 Å². The molecule has 1 N–H and O–H groups in total. The summed E-state index contributed by atoms with van der Waals surface area (Å²) < 4.78 is 10.5. The molecule has 0 aliphatic carbocycles. The largest absolute Gasteiger partial charge is 0.497 e. The van der Waals surface area contributed by atoms with Gasteiger partial charge in [0.1, 0.15) is 11.6 Å². The molecule has 0 unspecified atom stereocenters. The molecular weight excluding hydrogens is 350 g/mol. The van der Waals surface area contributed by atoms with Gasteiger partial charge in [0.2, 0.25) is 5.91 Å².